The smallest absolute Gasteiger partial charge is 0.328 e. The maximum absolute atomic E-state index is 12.8. The minimum atomic E-state index is -3.79. The van der Waals surface area contributed by atoms with E-state index in [2.05, 4.69) is 25.8 Å². The zero-order valence-corrected chi connectivity index (χ0v) is 16.6. The molecule has 0 saturated heterocycles. The highest BCUT2D eigenvalue weighted by Crippen LogP contribution is 2.40. The lowest BCUT2D eigenvalue weighted by atomic mass is 10.2. The third-order valence-corrected chi connectivity index (χ3v) is 7.07. The van der Waals surface area contributed by atoms with E-state index in [4.69, 9.17) is 4.52 Å². The molecule has 4 rings (SSSR count). The van der Waals surface area contributed by atoms with Crippen LogP contribution in [0.3, 0.4) is 0 Å². The summed E-state index contributed by atoms with van der Waals surface area (Å²) in [5.74, 6) is 0.371. The SMILES string of the molecule is Cn1c(=O)n(C)c2cc(S(=O)(=O)NCc3conc3C3CC3)c(Br)cc21. The first-order valence-electron chi connectivity index (χ1n) is 8.07. The van der Waals surface area contributed by atoms with Crippen LogP contribution in [0.15, 0.2) is 37.1 Å². The van der Waals surface area contributed by atoms with Crippen LogP contribution in [0.2, 0.25) is 0 Å². The van der Waals surface area contributed by atoms with Crippen LogP contribution in [0.4, 0.5) is 0 Å². The molecule has 1 aromatic carbocycles. The number of rotatable bonds is 5. The van der Waals surface area contributed by atoms with Gasteiger partial charge in [0.1, 0.15) is 6.26 Å². The highest BCUT2D eigenvalue weighted by molar-refractivity contribution is 9.10. The number of aromatic nitrogens is 3. The molecule has 1 saturated carbocycles. The van der Waals surface area contributed by atoms with Gasteiger partial charge < -0.3 is 4.52 Å². The molecule has 0 unspecified atom stereocenters. The van der Waals surface area contributed by atoms with Crippen molar-refractivity contribution in [3.63, 3.8) is 0 Å². The first kappa shape index (κ1) is 17.5. The molecule has 0 aliphatic heterocycles. The molecule has 2 aromatic heterocycles. The van der Waals surface area contributed by atoms with Crippen LogP contribution in [0.5, 0.6) is 0 Å². The Morgan fingerprint density at radius 3 is 2.58 bits per heavy atom. The summed E-state index contributed by atoms with van der Waals surface area (Å²) in [6, 6.07) is 3.14. The van der Waals surface area contributed by atoms with Gasteiger partial charge in [-0.15, -0.1) is 0 Å². The lowest BCUT2D eigenvalue weighted by molar-refractivity contribution is 0.411. The minimum Gasteiger partial charge on any atom is -0.364 e. The maximum atomic E-state index is 12.8. The fourth-order valence-electron chi connectivity index (χ4n) is 3.05. The molecule has 8 nitrogen and oxygen atoms in total. The van der Waals surface area contributed by atoms with Crippen LogP contribution >= 0.6 is 15.9 Å². The summed E-state index contributed by atoms with van der Waals surface area (Å²) in [6.07, 6.45) is 3.59. The van der Waals surface area contributed by atoms with Gasteiger partial charge in [0.2, 0.25) is 10.0 Å². The number of nitrogens with zero attached hydrogens (tertiary/aromatic N) is 3. The number of hydrogen-bond donors (Lipinski definition) is 1. The molecule has 0 bridgehead atoms. The van der Waals surface area contributed by atoms with E-state index in [1.165, 1.54) is 21.5 Å². The van der Waals surface area contributed by atoms with Crippen LogP contribution in [0.1, 0.15) is 30.0 Å². The van der Waals surface area contributed by atoms with Crippen molar-refractivity contribution in [1.29, 1.82) is 0 Å². The summed E-state index contributed by atoms with van der Waals surface area (Å²) < 4.78 is 36.5. The second-order valence-corrected chi connectivity index (χ2v) is 9.09. The van der Waals surface area contributed by atoms with Gasteiger partial charge in [-0.05, 0) is 40.9 Å². The number of fused-ring (bicyclic) bond motifs is 1. The number of sulfonamides is 1. The number of halogens is 1. The van der Waals surface area contributed by atoms with E-state index >= 15 is 0 Å². The van der Waals surface area contributed by atoms with Gasteiger partial charge in [0.15, 0.2) is 0 Å². The van der Waals surface area contributed by atoms with Crippen molar-refractivity contribution in [2.24, 2.45) is 14.1 Å². The summed E-state index contributed by atoms with van der Waals surface area (Å²) in [7, 11) is -0.532. The number of aryl methyl sites for hydroxylation is 2. The first-order valence-corrected chi connectivity index (χ1v) is 10.3. The Morgan fingerprint density at radius 1 is 1.27 bits per heavy atom. The molecule has 0 radical (unpaired) electrons. The molecule has 1 aliphatic carbocycles. The number of hydrogen-bond acceptors (Lipinski definition) is 5. The van der Waals surface area contributed by atoms with Gasteiger partial charge in [-0.1, -0.05) is 5.16 Å². The molecule has 1 fully saturated rings. The van der Waals surface area contributed by atoms with Crippen LogP contribution in [-0.2, 0) is 30.7 Å². The Morgan fingerprint density at radius 2 is 1.92 bits per heavy atom. The second-order valence-electron chi connectivity index (χ2n) is 6.50. The quantitative estimate of drug-likeness (QED) is 0.653. The predicted molar refractivity (Wildman–Crippen MR) is 98.4 cm³/mol. The third-order valence-electron chi connectivity index (χ3n) is 4.71. The first-order chi connectivity index (χ1) is 12.3. The van der Waals surface area contributed by atoms with E-state index in [1.807, 2.05) is 0 Å². The van der Waals surface area contributed by atoms with E-state index in [-0.39, 0.29) is 17.1 Å². The lowest BCUT2D eigenvalue weighted by Crippen LogP contribution is -2.24. The molecule has 26 heavy (non-hydrogen) atoms. The predicted octanol–water partition coefficient (Wildman–Crippen LogP) is 1.98. The Balaban J connectivity index is 1.69. The summed E-state index contributed by atoms with van der Waals surface area (Å²) in [4.78, 5) is 12.2. The van der Waals surface area contributed by atoms with Gasteiger partial charge in [0.25, 0.3) is 0 Å². The Kier molecular flexibility index (Phi) is 4.08. The molecule has 3 aromatic rings. The van der Waals surface area contributed by atoms with E-state index in [1.54, 1.807) is 20.2 Å². The van der Waals surface area contributed by atoms with Gasteiger partial charge in [-0.3, -0.25) is 9.13 Å². The third kappa shape index (κ3) is 2.81. The zero-order chi connectivity index (χ0) is 18.6. The topological polar surface area (TPSA) is 99.1 Å². The van der Waals surface area contributed by atoms with Gasteiger partial charge >= 0.3 is 5.69 Å². The summed E-state index contributed by atoms with van der Waals surface area (Å²) in [5, 5.41) is 3.97. The molecule has 0 amide bonds. The molecular formula is C16H17BrN4O4S. The number of benzene rings is 1. The fourth-order valence-corrected chi connectivity index (χ4v) is 5.10. The van der Waals surface area contributed by atoms with Crippen molar-refractivity contribution < 1.29 is 12.9 Å². The highest BCUT2D eigenvalue weighted by atomic mass is 79.9. The molecule has 0 spiro atoms. The Bertz CT molecular complexity index is 1170. The fraction of sp³-hybridized carbons (Fsp3) is 0.375. The molecule has 0 atom stereocenters. The van der Waals surface area contributed by atoms with Crippen LogP contribution in [0.25, 0.3) is 11.0 Å². The van der Waals surface area contributed by atoms with Gasteiger partial charge in [-0.2, -0.15) is 0 Å². The average molecular weight is 441 g/mol. The standard InChI is InChI=1S/C16H17BrN4O4S/c1-20-12-5-11(17)14(6-13(12)21(2)16(20)22)26(23,24)18-7-10-8-25-19-15(10)9-3-4-9/h5-6,8-9,18H,3-4,7H2,1-2H3. The van der Waals surface area contributed by atoms with Gasteiger partial charge in [0.05, 0.1) is 21.6 Å². The summed E-state index contributed by atoms with van der Waals surface area (Å²) in [5.41, 5.74) is 2.56. The van der Waals surface area contributed by atoms with Gasteiger partial charge in [-0.25, -0.2) is 17.9 Å². The van der Waals surface area contributed by atoms with Crippen LogP contribution < -0.4 is 10.4 Å². The Hall–Kier alpha value is -1.91. The average Bonchev–Trinajstić information content (AvgIpc) is 3.30. The highest BCUT2D eigenvalue weighted by Gasteiger charge is 2.30. The molecular weight excluding hydrogens is 424 g/mol. The second kappa shape index (κ2) is 6.07. The maximum Gasteiger partial charge on any atom is 0.328 e. The molecule has 10 heteroatoms. The molecule has 2 heterocycles. The normalized spacial score (nSPS) is 15.0. The van der Waals surface area contributed by atoms with Crippen LogP contribution in [-0.4, -0.2) is 22.7 Å². The summed E-state index contributed by atoms with van der Waals surface area (Å²) in [6.45, 7) is 0.107. The van der Waals surface area contributed by atoms with Crippen molar-refractivity contribution in [2.75, 3.05) is 0 Å². The monoisotopic (exact) mass is 440 g/mol. The lowest BCUT2D eigenvalue weighted by Gasteiger charge is -2.09. The number of imidazole rings is 1. The number of nitrogens with one attached hydrogen (secondary N) is 1. The van der Waals surface area contributed by atoms with Crippen molar-refractivity contribution in [3.05, 3.63) is 44.6 Å². The van der Waals surface area contributed by atoms with Crippen molar-refractivity contribution in [1.82, 2.24) is 19.0 Å². The summed E-state index contributed by atoms with van der Waals surface area (Å²) >= 11 is 3.31. The molecule has 1 aliphatic rings. The van der Waals surface area contributed by atoms with E-state index in [0.717, 1.165) is 24.1 Å². The zero-order valence-electron chi connectivity index (χ0n) is 14.2. The minimum absolute atomic E-state index is 0.0793. The van der Waals surface area contributed by atoms with E-state index < -0.39 is 10.0 Å². The van der Waals surface area contributed by atoms with Crippen LogP contribution in [0, 0.1) is 0 Å². The largest absolute Gasteiger partial charge is 0.364 e. The molecule has 138 valence electrons. The molecule has 1 N–H and O–H groups in total. The Labute approximate surface area is 158 Å². The van der Waals surface area contributed by atoms with Gasteiger partial charge in [0, 0.05) is 36.6 Å². The van der Waals surface area contributed by atoms with Crippen molar-refractivity contribution in [2.45, 2.75) is 30.2 Å². The van der Waals surface area contributed by atoms with E-state index in [9.17, 15) is 13.2 Å². The van der Waals surface area contributed by atoms with E-state index in [0.29, 0.717) is 21.4 Å². The van der Waals surface area contributed by atoms with Crippen molar-refractivity contribution >= 4 is 37.0 Å². The van der Waals surface area contributed by atoms with Crippen molar-refractivity contribution in [3.8, 4) is 0 Å².